The molecule has 3 unspecified atom stereocenters. The molecule has 1 aliphatic heterocycles. The average molecular weight is 681 g/mol. The van der Waals surface area contributed by atoms with Crippen LogP contribution < -0.4 is 18.9 Å². The lowest BCUT2D eigenvalue weighted by atomic mass is 9.66. The second-order valence-electron chi connectivity index (χ2n) is 13.2. The number of ether oxygens (including phenoxy) is 6. The zero-order valence-corrected chi connectivity index (χ0v) is 30.7. The SMILES string of the molecule is COCOc1ccc(C2(C)CSc3cc(OCOC)ccc3C2(O)C#CCOc2ccc(OC(CC(C)(C)C)O[SiH](C)C)cc2)cc1. The van der Waals surface area contributed by atoms with Crippen LogP contribution in [0.2, 0.25) is 13.1 Å². The number of hydrogen-bond donors (Lipinski definition) is 1. The predicted molar refractivity (Wildman–Crippen MR) is 188 cm³/mol. The van der Waals surface area contributed by atoms with E-state index in [0.717, 1.165) is 22.6 Å². The molecule has 47 heavy (non-hydrogen) atoms. The minimum atomic E-state index is -1.52. The van der Waals surface area contributed by atoms with Gasteiger partial charge in [-0.2, -0.15) is 0 Å². The van der Waals surface area contributed by atoms with Gasteiger partial charge in [0.2, 0.25) is 0 Å². The molecule has 0 radical (unpaired) electrons. The summed E-state index contributed by atoms with van der Waals surface area (Å²) in [6.45, 7) is 13.3. The smallest absolute Gasteiger partial charge is 0.191 e. The van der Waals surface area contributed by atoms with Crippen LogP contribution in [0.5, 0.6) is 23.0 Å². The van der Waals surface area contributed by atoms with Crippen molar-refractivity contribution in [3.05, 3.63) is 77.9 Å². The third-order valence-electron chi connectivity index (χ3n) is 7.71. The fourth-order valence-corrected chi connectivity index (χ4v) is 7.43. The highest BCUT2D eigenvalue weighted by Crippen LogP contribution is 2.53. The van der Waals surface area contributed by atoms with E-state index in [0.29, 0.717) is 28.6 Å². The van der Waals surface area contributed by atoms with E-state index in [9.17, 15) is 5.11 Å². The standard InChI is InChI=1S/C37H48O8SSi/c1-35(2,3)23-34(45-47(7)8)44-30-16-14-28(15-17-30)41-21-9-20-37(38)32-19-18-31(43-26-40-6)22-33(32)46-24-36(37,4)27-10-12-29(13-11-27)42-25-39-5/h10-19,22,34,38,47H,21,23-26H2,1-8H3. The highest BCUT2D eigenvalue weighted by molar-refractivity contribution is 7.99. The summed E-state index contributed by atoms with van der Waals surface area (Å²) >= 11 is 1.66. The van der Waals surface area contributed by atoms with Crippen molar-refractivity contribution >= 4 is 20.8 Å². The highest BCUT2D eigenvalue weighted by Gasteiger charge is 2.52. The van der Waals surface area contributed by atoms with E-state index >= 15 is 0 Å². The molecule has 1 N–H and O–H groups in total. The molecule has 0 bridgehead atoms. The van der Waals surface area contributed by atoms with Crippen molar-refractivity contribution in [2.45, 2.75) is 69.4 Å². The summed E-state index contributed by atoms with van der Waals surface area (Å²) in [4.78, 5) is 0.901. The first-order valence-electron chi connectivity index (χ1n) is 15.8. The Morgan fingerprint density at radius 1 is 0.851 bits per heavy atom. The Balaban J connectivity index is 1.55. The Labute approximate surface area is 285 Å². The highest BCUT2D eigenvalue weighted by atomic mass is 32.2. The van der Waals surface area contributed by atoms with E-state index in [2.05, 4.69) is 45.7 Å². The quantitative estimate of drug-likeness (QED) is 0.109. The Morgan fingerprint density at radius 2 is 1.43 bits per heavy atom. The third kappa shape index (κ3) is 9.69. The molecule has 0 aliphatic carbocycles. The lowest BCUT2D eigenvalue weighted by Gasteiger charge is -2.46. The Kier molecular flexibility index (Phi) is 12.7. The van der Waals surface area contributed by atoms with Crippen LogP contribution in [0.25, 0.3) is 0 Å². The van der Waals surface area contributed by atoms with E-state index in [1.165, 1.54) is 0 Å². The molecule has 0 fully saturated rings. The number of hydrogen-bond acceptors (Lipinski definition) is 9. The Hall–Kier alpha value is -3.17. The number of aliphatic hydroxyl groups is 1. The molecule has 3 aromatic rings. The lowest BCUT2D eigenvalue weighted by molar-refractivity contribution is -0.0247. The van der Waals surface area contributed by atoms with Crippen LogP contribution in [0.4, 0.5) is 0 Å². The van der Waals surface area contributed by atoms with Crippen molar-refractivity contribution in [1.82, 2.24) is 0 Å². The molecule has 1 heterocycles. The topological polar surface area (TPSA) is 84.8 Å². The van der Waals surface area contributed by atoms with Gasteiger partial charge in [-0.25, -0.2) is 0 Å². The summed E-state index contributed by atoms with van der Waals surface area (Å²) < 4.78 is 39.7. The zero-order valence-electron chi connectivity index (χ0n) is 28.8. The summed E-state index contributed by atoms with van der Waals surface area (Å²) in [6.07, 6.45) is 0.505. The Bertz CT molecular complexity index is 1500. The van der Waals surface area contributed by atoms with Gasteiger partial charge in [-0.05, 0) is 72.6 Å². The second kappa shape index (κ2) is 16.3. The Morgan fingerprint density at radius 3 is 2.04 bits per heavy atom. The second-order valence-corrected chi connectivity index (χ2v) is 16.6. The lowest BCUT2D eigenvalue weighted by Crippen LogP contribution is -2.50. The van der Waals surface area contributed by atoms with Crippen LogP contribution in [0.15, 0.2) is 71.6 Å². The van der Waals surface area contributed by atoms with E-state index in [4.69, 9.17) is 32.8 Å². The minimum Gasteiger partial charge on any atom is -0.481 e. The van der Waals surface area contributed by atoms with Gasteiger partial charge in [-0.15, -0.1) is 11.8 Å². The zero-order chi connectivity index (χ0) is 34.1. The van der Waals surface area contributed by atoms with Gasteiger partial charge in [0.1, 0.15) is 29.6 Å². The number of benzene rings is 3. The van der Waals surface area contributed by atoms with Crippen molar-refractivity contribution in [2.75, 3.05) is 40.2 Å². The summed E-state index contributed by atoms with van der Waals surface area (Å²) in [5.74, 6) is 9.64. The van der Waals surface area contributed by atoms with Gasteiger partial charge in [-0.3, -0.25) is 0 Å². The molecule has 10 heteroatoms. The van der Waals surface area contributed by atoms with Crippen LogP contribution in [0.1, 0.15) is 45.2 Å². The third-order valence-corrected chi connectivity index (χ3v) is 9.93. The summed E-state index contributed by atoms with van der Waals surface area (Å²) in [7, 11) is 1.88. The maximum atomic E-state index is 12.5. The van der Waals surface area contributed by atoms with E-state index in [1.54, 1.807) is 26.0 Å². The van der Waals surface area contributed by atoms with Crippen LogP contribution >= 0.6 is 11.8 Å². The van der Waals surface area contributed by atoms with Crippen molar-refractivity contribution in [3.8, 4) is 34.8 Å². The molecule has 8 nitrogen and oxygen atoms in total. The molecule has 3 aromatic carbocycles. The van der Waals surface area contributed by atoms with Gasteiger partial charge in [0.15, 0.2) is 34.5 Å². The van der Waals surface area contributed by atoms with Gasteiger partial charge in [0.05, 0.1) is 0 Å². The molecule has 0 amide bonds. The summed E-state index contributed by atoms with van der Waals surface area (Å²) in [5, 5.41) is 12.5. The molecule has 0 aromatic heterocycles. The van der Waals surface area contributed by atoms with Gasteiger partial charge in [-0.1, -0.05) is 57.7 Å². The van der Waals surface area contributed by atoms with Gasteiger partial charge in [0.25, 0.3) is 0 Å². The molecule has 4 rings (SSSR count). The van der Waals surface area contributed by atoms with Gasteiger partial charge >= 0.3 is 0 Å². The summed E-state index contributed by atoms with van der Waals surface area (Å²) in [6, 6.07) is 20.8. The largest absolute Gasteiger partial charge is 0.481 e. The molecule has 3 atom stereocenters. The van der Waals surface area contributed by atoms with Crippen LogP contribution in [0.3, 0.4) is 0 Å². The first-order chi connectivity index (χ1) is 22.4. The predicted octanol–water partition coefficient (Wildman–Crippen LogP) is 7.13. The fourth-order valence-electron chi connectivity index (χ4n) is 5.28. The fraction of sp³-hybridized carbons (Fsp3) is 0.459. The van der Waals surface area contributed by atoms with E-state index in [1.807, 2.05) is 73.7 Å². The van der Waals surface area contributed by atoms with E-state index in [-0.39, 0.29) is 31.9 Å². The average Bonchev–Trinajstić information content (AvgIpc) is 3.03. The molecular formula is C37H48O8SSi. The van der Waals surface area contributed by atoms with Crippen LogP contribution in [0, 0.1) is 17.3 Å². The molecule has 1 aliphatic rings. The van der Waals surface area contributed by atoms with E-state index < -0.39 is 20.1 Å². The minimum absolute atomic E-state index is 0.0787. The maximum absolute atomic E-state index is 12.5. The van der Waals surface area contributed by atoms with Crippen LogP contribution in [-0.4, -0.2) is 60.6 Å². The van der Waals surface area contributed by atoms with Crippen molar-refractivity contribution in [1.29, 1.82) is 0 Å². The maximum Gasteiger partial charge on any atom is 0.191 e. The monoisotopic (exact) mass is 680 g/mol. The van der Waals surface area contributed by atoms with Crippen molar-refractivity contribution in [3.63, 3.8) is 0 Å². The van der Waals surface area contributed by atoms with Gasteiger partial charge < -0.3 is 38.0 Å². The first-order valence-corrected chi connectivity index (χ1v) is 19.5. The van der Waals surface area contributed by atoms with Crippen molar-refractivity contribution < 1.29 is 38.0 Å². The van der Waals surface area contributed by atoms with Gasteiger partial charge in [0, 0.05) is 42.3 Å². The molecule has 0 saturated carbocycles. The number of methoxy groups -OCH3 is 2. The van der Waals surface area contributed by atoms with Crippen LogP contribution in [-0.2, 0) is 24.9 Å². The molecule has 0 spiro atoms. The number of fused-ring (bicyclic) bond motifs is 1. The number of rotatable bonds is 14. The molecular weight excluding hydrogens is 633 g/mol. The summed E-state index contributed by atoms with van der Waals surface area (Å²) in [5.41, 5.74) is -0.551. The van der Waals surface area contributed by atoms with Crippen molar-refractivity contribution in [2.24, 2.45) is 5.41 Å². The molecule has 254 valence electrons. The first kappa shape index (κ1) is 36.7. The number of thioether (sulfide) groups is 1. The normalized spacial score (nSPS) is 19.7. The molecule has 0 saturated heterocycles.